The Balaban J connectivity index is 1.76. The standard InChI is InChI=1S/C14H16F3N5O/c15-14(16,17)11-5-12(22-13(20-11)18-8-19-22)21(10-1-2-10)6-9-3-4-23-7-9/h5,8-10H,1-4,6-7H2/t9-/m1/s1. The van der Waals surface area contributed by atoms with Gasteiger partial charge in [-0.1, -0.05) is 0 Å². The molecule has 0 radical (unpaired) electrons. The van der Waals surface area contributed by atoms with Crippen LogP contribution in [0.4, 0.5) is 19.0 Å². The Morgan fingerprint density at radius 3 is 2.78 bits per heavy atom. The van der Waals surface area contributed by atoms with Crippen molar-refractivity contribution in [1.29, 1.82) is 0 Å². The Morgan fingerprint density at radius 2 is 2.13 bits per heavy atom. The molecule has 0 bridgehead atoms. The van der Waals surface area contributed by atoms with Gasteiger partial charge in [0.2, 0.25) is 0 Å². The van der Waals surface area contributed by atoms with Crippen LogP contribution in [-0.4, -0.2) is 45.4 Å². The number of nitrogens with zero attached hydrogens (tertiary/aromatic N) is 5. The summed E-state index contributed by atoms with van der Waals surface area (Å²) in [4.78, 5) is 9.42. The molecular formula is C14H16F3N5O. The van der Waals surface area contributed by atoms with E-state index in [9.17, 15) is 13.2 Å². The molecule has 1 atom stereocenters. The van der Waals surface area contributed by atoms with Crippen molar-refractivity contribution in [3.8, 4) is 0 Å². The van der Waals surface area contributed by atoms with Crippen LogP contribution in [0.3, 0.4) is 0 Å². The summed E-state index contributed by atoms with van der Waals surface area (Å²) in [5, 5.41) is 4.05. The van der Waals surface area contributed by atoms with Crippen molar-refractivity contribution in [1.82, 2.24) is 19.6 Å². The van der Waals surface area contributed by atoms with E-state index in [-0.39, 0.29) is 11.8 Å². The smallest absolute Gasteiger partial charge is 0.381 e. The van der Waals surface area contributed by atoms with Crippen molar-refractivity contribution in [3.63, 3.8) is 0 Å². The molecule has 1 saturated heterocycles. The molecule has 6 nitrogen and oxygen atoms in total. The Morgan fingerprint density at radius 1 is 1.30 bits per heavy atom. The van der Waals surface area contributed by atoms with Crippen LogP contribution in [-0.2, 0) is 10.9 Å². The highest BCUT2D eigenvalue weighted by atomic mass is 19.4. The molecule has 2 aromatic heterocycles. The van der Waals surface area contributed by atoms with E-state index in [4.69, 9.17) is 4.74 Å². The number of aromatic nitrogens is 4. The number of alkyl halides is 3. The summed E-state index contributed by atoms with van der Waals surface area (Å²) in [5.41, 5.74) is -0.929. The summed E-state index contributed by atoms with van der Waals surface area (Å²) in [6, 6.07) is 1.34. The van der Waals surface area contributed by atoms with Crippen molar-refractivity contribution in [2.75, 3.05) is 24.7 Å². The Hall–Kier alpha value is -1.90. The molecule has 4 rings (SSSR count). The number of rotatable bonds is 4. The molecular weight excluding hydrogens is 311 g/mol. The van der Waals surface area contributed by atoms with Crippen LogP contribution in [0.1, 0.15) is 25.0 Å². The highest BCUT2D eigenvalue weighted by Crippen LogP contribution is 2.36. The van der Waals surface area contributed by atoms with Gasteiger partial charge in [-0.2, -0.15) is 27.8 Å². The second kappa shape index (κ2) is 5.33. The summed E-state index contributed by atoms with van der Waals surface area (Å²) >= 11 is 0. The summed E-state index contributed by atoms with van der Waals surface area (Å²) in [6.07, 6.45) is -0.383. The van der Waals surface area contributed by atoms with Gasteiger partial charge < -0.3 is 9.64 Å². The van der Waals surface area contributed by atoms with Crippen LogP contribution in [0.25, 0.3) is 5.78 Å². The van der Waals surface area contributed by atoms with Gasteiger partial charge in [-0.05, 0) is 19.3 Å². The molecule has 0 spiro atoms. The largest absolute Gasteiger partial charge is 0.433 e. The first-order valence-electron chi connectivity index (χ1n) is 7.65. The third-order valence-electron chi connectivity index (χ3n) is 4.28. The van der Waals surface area contributed by atoms with E-state index in [0.29, 0.717) is 31.5 Å². The van der Waals surface area contributed by atoms with Crippen LogP contribution < -0.4 is 4.90 Å². The van der Waals surface area contributed by atoms with Gasteiger partial charge in [0.25, 0.3) is 5.78 Å². The quantitative estimate of drug-likeness (QED) is 0.861. The number of ether oxygens (including phenoxy) is 1. The number of halogens is 3. The van der Waals surface area contributed by atoms with E-state index in [0.717, 1.165) is 25.3 Å². The predicted molar refractivity (Wildman–Crippen MR) is 75.1 cm³/mol. The monoisotopic (exact) mass is 327 g/mol. The van der Waals surface area contributed by atoms with E-state index >= 15 is 0 Å². The molecule has 0 aromatic carbocycles. The maximum Gasteiger partial charge on any atom is 0.433 e. The summed E-state index contributed by atoms with van der Waals surface area (Å²) < 4.78 is 46.2. The summed E-state index contributed by atoms with van der Waals surface area (Å²) in [6.45, 7) is 2.04. The van der Waals surface area contributed by atoms with Crippen molar-refractivity contribution < 1.29 is 17.9 Å². The minimum Gasteiger partial charge on any atom is -0.381 e. The molecule has 3 heterocycles. The van der Waals surface area contributed by atoms with E-state index in [2.05, 4.69) is 15.1 Å². The zero-order valence-corrected chi connectivity index (χ0v) is 12.3. The van der Waals surface area contributed by atoms with Crippen LogP contribution in [0, 0.1) is 5.92 Å². The van der Waals surface area contributed by atoms with E-state index < -0.39 is 11.9 Å². The first-order chi connectivity index (χ1) is 11.0. The SMILES string of the molecule is FC(F)(F)c1cc(N(C[C@H]2CCOC2)C2CC2)n2ncnc2n1. The van der Waals surface area contributed by atoms with E-state index in [1.807, 2.05) is 4.90 Å². The van der Waals surface area contributed by atoms with Gasteiger partial charge in [0.05, 0.1) is 6.61 Å². The first kappa shape index (κ1) is 14.7. The van der Waals surface area contributed by atoms with Gasteiger partial charge in [0.1, 0.15) is 12.1 Å². The zero-order valence-electron chi connectivity index (χ0n) is 12.3. The Kier molecular flexibility index (Phi) is 3.40. The van der Waals surface area contributed by atoms with Gasteiger partial charge in [-0.25, -0.2) is 4.98 Å². The lowest BCUT2D eigenvalue weighted by atomic mass is 10.1. The number of hydrogen-bond donors (Lipinski definition) is 0. The lowest BCUT2D eigenvalue weighted by Crippen LogP contribution is -2.34. The highest BCUT2D eigenvalue weighted by Gasteiger charge is 2.38. The second-order valence-electron chi connectivity index (χ2n) is 6.08. The molecule has 1 aliphatic heterocycles. The van der Waals surface area contributed by atoms with E-state index in [1.165, 1.54) is 10.8 Å². The minimum atomic E-state index is -4.51. The molecule has 0 N–H and O–H groups in total. The predicted octanol–water partition coefficient (Wildman–Crippen LogP) is 2.15. The van der Waals surface area contributed by atoms with Crippen LogP contribution in [0.5, 0.6) is 0 Å². The maximum absolute atomic E-state index is 13.1. The van der Waals surface area contributed by atoms with Crippen molar-refractivity contribution in [3.05, 3.63) is 18.1 Å². The molecule has 2 aliphatic rings. The molecule has 2 aromatic rings. The normalized spacial score (nSPS) is 22.0. The van der Waals surface area contributed by atoms with Crippen LogP contribution in [0.15, 0.2) is 12.4 Å². The van der Waals surface area contributed by atoms with Crippen LogP contribution in [0.2, 0.25) is 0 Å². The van der Waals surface area contributed by atoms with Gasteiger partial charge in [0, 0.05) is 31.2 Å². The lowest BCUT2D eigenvalue weighted by Gasteiger charge is -2.27. The molecule has 1 aliphatic carbocycles. The average molecular weight is 327 g/mol. The topological polar surface area (TPSA) is 55.6 Å². The van der Waals surface area contributed by atoms with Gasteiger partial charge >= 0.3 is 6.18 Å². The molecule has 0 amide bonds. The van der Waals surface area contributed by atoms with E-state index in [1.54, 1.807) is 0 Å². The fourth-order valence-electron chi connectivity index (χ4n) is 2.97. The summed E-state index contributed by atoms with van der Waals surface area (Å²) in [7, 11) is 0. The molecule has 0 unspecified atom stereocenters. The maximum atomic E-state index is 13.1. The first-order valence-corrected chi connectivity index (χ1v) is 7.65. The second-order valence-corrected chi connectivity index (χ2v) is 6.08. The molecule has 1 saturated carbocycles. The third kappa shape index (κ3) is 2.85. The molecule has 9 heteroatoms. The minimum absolute atomic E-state index is 0.0249. The molecule has 23 heavy (non-hydrogen) atoms. The van der Waals surface area contributed by atoms with Crippen molar-refractivity contribution >= 4 is 11.6 Å². The van der Waals surface area contributed by atoms with Crippen molar-refractivity contribution in [2.24, 2.45) is 5.92 Å². The van der Waals surface area contributed by atoms with Crippen LogP contribution >= 0.6 is 0 Å². The van der Waals surface area contributed by atoms with Gasteiger partial charge in [-0.15, -0.1) is 0 Å². The van der Waals surface area contributed by atoms with Crippen molar-refractivity contribution in [2.45, 2.75) is 31.5 Å². The zero-order chi connectivity index (χ0) is 16.0. The average Bonchev–Trinajstić information content (AvgIpc) is 3.00. The number of anilines is 1. The fraction of sp³-hybridized carbons (Fsp3) is 0.643. The lowest BCUT2D eigenvalue weighted by molar-refractivity contribution is -0.141. The Labute approximate surface area is 130 Å². The molecule has 124 valence electrons. The highest BCUT2D eigenvalue weighted by molar-refractivity contribution is 5.49. The van der Waals surface area contributed by atoms with Gasteiger partial charge in [0.15, 0.2) is 5.69 Å². The number of fused-ring (bicyclic) bond motifs is 1. The third-order valence-corrected chi connectivity index (χ3v) is 4.28. The fourth-order valence-corrected chi connectivity index (χ4v) is 2.97. The summed E-state index contributed by atoms with van der Waals surface area (Å²) in [5.74, 6) is 0.717. The molecule has 2 fully saturated rings. The Bertz CT molecular complexity index is 706. The number of hydrogen-bond acceptors (Lipinski definition) is 5. The van der Waals surface area contributed by atoms with Gasteiger partial charge in [-0.3, -0.25) is 0 Å².